The Morgan fingerprint density at radius 2 is 2.00 bits per heavy atom. The van der Waals surface area contributed by atoms with Crippen molar-refractivity contribution in [3.05, 3.63) is 23.8 Å². The van der Waals surface area contributed by atoms with Crippen molar-refractivity contribution < 1.29 is 24.2 Å². The summed E-state index contributed by atoms with van der Waals surface area (Å²) >= 11 is 0. The molecule has 1 aromatic carbocycles. The van der Waals surface area contributed by atoms with Crippen LogP contribution < -0.4 is 4.74 Å². The first-order valence-corrected chi connectivity index (χ1v) is 6.35. The number of amides is 1. The molecule has 1 N–H and O–H groups in total. The lowest BCUT2D eigenvalue weighted by molar-refractivity contribution is -0.143. The van der Waals surface area contributed by atoms with Gasteiger partial charge in [0.05, 0.1) is 19.3 Å². The van der Waals surface area contributed by atoms with Crippen LogP contribution in [0.3, 0.4) is 0 Å². The third-order valence-electron chi connectivity index (χ3n) is 2.74. The Morgan fingerprint density at radius 1 is 1.30 bits per heavy atom. The van der Waals surface area contributed by atoms with Crippen molar-refractivity contribution >= 4 is 11.9 Å². The Balaban J connectivity index is 2.94. The molecule has 6 nitrogen and oxygen atoms in total. The molecule has 0 aliphatic rings. The van der Waals surface area contributed by atoms with E-state index in [1.54, 1.807) is 26.0 Å². The molecule has 0 saturated heterocycles. The standard InChI is InChI=1S/C14H19NO5/c1-4-15(9-12(16)20-5-2)14(18)10-7-6-8-11(19-3)13(10)17/h6-8,17H,4-5,9H2,1-3H3. The summed E-state index contributed by atoms with van der Waals surface area (Å²) in [7, 11) is 1.40. The Kier molecular flexibility index (Phi) is 5.83. The van der Waals surface area contributed by atoms with Crippen LogP contribution in [0.25, 0.3) is 0 Å². The molecular weight excluding hydrogens is 262 g/mol. The number of hydrogen-bond donors (Lipinski definition) is 1. The lowest BCUT2D eigenvalue weighted by Crippen LogP contribution is -2.36. The minimum atomic E-state index is -0.481. The van der Waals surface area contributed by atoms with Crippen LogP contribution in [0.15, 0.2) is 18.2 Å². The molecule has 0 heterocycles. The number of carbonyl (C=O) groups excluding carboxylic acids is 2. The number of benzene rings is 1. The Morgan fingerprint density at radius 3 is 2.55 bits per heavy atom. The largest absolute Gasteiger partial charge is 0.504 e. The van der Waals surface area contributed by atoms with E-state index in [1.165, 1.54) is 18.1 Å². The highest BCUT2D eigenvalue weighted by Gasteiger charge is 2.22. The van der Waals surface area contributed by atoms with Gasteiger partial charge in [-0.05, 0) is 26.0 Å². The monoisotopic (exact) mass is 281 g/mol. The fourth-order valence-corrected chi connectivity index (χ4v) is 1.72. The van der Waals surface area contributed by atoms with Crippen molar-refractivity contribution in [2.45, 2.75) is 13.8 Å². The van der Waals surface area contributed by atoms with E-state index < -0.39 is 11.9 Å². The highest BCUT2D eigenvalue weighted by molar-refractivity contribution is 5.99. The Bertz CT molecular complexity index is 486. The van der Waals surface area contributed by atoms with Crippen molar-refractivity contribution in [2.24, 2.45) is 0 Å². The van der Waals surface area contributed by atoms with Gasteiger partial charge in [0, 0.05) is 6.54 Å². The van der Waals surface area contributed by atoms with E-state index in [2.05, 4.69) is 0 Å². The van der Waals surface area contributed by atoms with Crippen LogP contribution in [-0.2, 0) is 9.53 Å². The SMILES string of the molecule is CCOC(=O)CN(CC)C(=O)c1cccc(OC)c1O. The number of para-hydroxylation sites is 1. The van der Waals surface area contributed by atoms with Crippen LogP contribution in [0.5, 0.6) is 11.5 Å². The molecule has 0 fully saturated rings. The van der Waals surface area contributed by atoms with Crippen LogP contribution >= 0.6 is 0 Å². The summed E-state index contributed by atoms with van der Waals surface area (Å²) < 4.78 is 9.77. The summed E-state index contributed by atoms with van der Waals surface area (Å²) in [4.78, 5) is 25.1. The molecule has 110 valence electrons. The second kappa shape index (κ2) is 7.37. The van der Waals surface area contributed by atoms with Crippen LogP contribution in [0.2, 0.25) is 0 Å². The van der Waals surface area contributed by atoms with Crippen molar-refractivity contribution in [1.29, 1.82) is 0 Å². The topological polar surface area (TPSA) is 76.1 Å². The van der Waals surface area contributed by atoms with Crippen molar-refractivity contribution in [2.75, 3.05) is 26.8 Å². The molecular formula is C14H19NO5. The molecule has 0 aromatic heterocycles. The third-order valence-corrected chi connectivity index (χ3v) is 2.74. The van der Waals surface area contributed by atoms with Gasteiger partial charge in [0.1, 0.15) is 6.54 Å². The molecule has 20 heavy (non-hydrogen) atoms. The van der Waals surface area contributed by atoms with E-state index in [0.29, 0.717) is 6.54 Å². The molecule has 0 saturated carbocycles. The lowest BCUT2D eigenvalue weighted by Gasteiger charge is -2.20. The van der Waals surface area contributed by atoms with E-state index >= 15 is 0 Å². The fraction of sp³-hybridized carbons (Fsp3) is 0.429. The average molecular weight is 281 g/mol. The minimum absolute atomic E-state index is 0.0931. The number of ether oxygens (including phenoxy) is 2. The van der Waals surface area contributed by atoms with Gasteiger partial charge < -0.3 is 19.5 Å². The number of esters is 1. The minimum Gasteiger partial charge on any atom is -0.504 e. The predicted octanol–water partition coefficient (Wildman–Crippen LogP) is 1.43. The molecule has 0 aliphatic heterocycles. The zero-order valence-corrected chi connectivity index (χ0v) is 11.9. The fourth-order valence-electron chi connectivity index (χ4n) is 1.72. The van der Waals surface area contributed by atoms with Gasteiger partial charge in [-0.3, -0.25) is 9.59 Å². The summed E-state index contributed by atoms with van der Waals surface area (Å²) in [5.41, 5.74) is 0.0931. The molecule has 1 rings (SSSR count). The number of likely N-dealkylation sites (N-methyl/N-ethyl adjacent to an activating group) is 1. The number of aromatic hydroxyl groups is 1. The van der Waals surface area contributed by atoms with E-state index in [9.17, 15) is 14.7 Å². The van der Waals surface area contributed by atoms with Gasteiger partial charge in [-0.25, -0.2) is 0 Å². The van der Waals surface area contributed by atoms with Gasteiger partial charge in [-0.15, -0.1) is 0 Å². The van der Waals surface area contributed by atoms with Gasteiger partial charge in [0.2, 0.25) is 0 Å². The summed E-state index contributed by atoms with van der Waals surface area (Å²) in [6, 6.07) is 4.63. The normalized spacial score (nSPS) is 9.95. The van der Waals surface area contributed by atoms with Gasteiger partial charge >= 0.3 is 5.97 Å². The molecule has 0 unspecified atom stereocenters. The summed E-state index contributed by atoms with van der Waals surface area (Å²) in [6.45, 7) is 3.88. The maximum Gasteiger partial charge on any atom is 0.325 e. The van der Waals surface area contributed by atoms with Gasteiger partial charge in [-0.2, -0.15) is 0 Å². The predicted molar refractivity (Wildman–Crippen MR) is 72.9 cm³/mol. The zero-order valence-electron chi connectivity index (χ0n) is 11.9. The van der Waals surface area contributed by atoms with E-state index in [0.717, 1.165) is 0 Å². The summed E-state index contributed by atoms with van der Waals surface area (Å²) in [5.74, 6) is -0.951. The average Bonchev–Trinajstić information content (AvgIpc) is 2.44. The quantitative estimate of drug-likeness (QED) is 0.798. The first kappa shape index (κ1) is 15.8. The van der Waals surface area contributed by atoms with Gasteiger partial charge in [0.15, 0.2) is 11.5 Å². The van der Waals surface area contributed by atoms with Crippen LogP contribution in [0, 0.1) is 0 Å². The zero-order chi connectivity index (χ0) is 15.1. The number of phenols is 1. The van der Waals surface area contributed by atoms with Crippen LogP contribution in [0.1, 0.15) is 24.2 Å². The summed E-state index contributed by atoms with van der Waals surface area (Å²) in [5, 5.41) is 9.95. The van der Waals surface area contributed by atoms with Crippen molar-refractivity contribution in [3.63, 3.8) is 0 Å². The second-order valence-electron chi connectivity index (χ2n) is 3.98. The molecule has 0 atom stereocenters. The third kappa shape index (κ3) is 3.63. The smallest absolute Gasteiger partial charge is 0.325 e. The maximum atomic E-state index is 12.3. The molecule has 6 heteroatoms. The van der Waals surface area contributed by atoms with Crippen LogP contribution in [-0.4, -0.2) is 48.7 Å². The maximum absolute atomic E-state index is 12.3. The number of nitrogens with zero attached hydrogens (tertiary/aromatic N) is 1. The highest BCUT2D eigenvalue weighted by Crippen LogP contribution is 2.30. The number of methoxy groups -OCH3 is 1. The number of phenolic OH excluding ortho intramolecular Hbond substituents is 1. The molecule has 0 aliphatic carbocycles. The van der Waals surface area contributed by atoms with Gasteiger partial charge in [0.25, 0.3) is 5.91 Å². The van der Waals surface area contributed by atoms with E-state index in [-0.39, 0.29) is 30.2 Å². The highest BCUT2D eigenvalue weighted by atomic mass is 16.5. The van der Waals surface area contributed by atoms with Gasteiger partial charge in [-0.1, -0.05) is 6.07 Å². The molecule has 0 radical (unpaired) electrons. The first-order valence-electron chi connectivity index (χ1n) is 6.35. The van der Waals surface area contributed by atoms with E-state index in [1.807, 2.05) is 0 Å². The summed E-state index contributed by atoms with van der Waals surface area (Å²) in [6.07, 6.45) is 0. The lowest BCUT2D eigenvalue weighted by atomic mass is 10.1. The Hall–Kier alpha value is -2.24. The molecule has 1 aromatic rings. The number of hydrogen-bond acceptors (Lipinski definition) is 5. The number of carbonyl (C=O) groups is 2. The second-order valence-corrected chi connectivity index (χ2v) is 3.98. The van der Waals surface area contributed by atoms with E-state index in [4.69, 9.17) is 9.47 Å². The van der Waals surface area contributed by atoms with Crippen molar-refractivity contribution in [1.82, 2.24) is 4.90 Å². The molecule has 0 bridgehead atoms. The van der Waals surface area contributed by atoms with Crippen LogP contribution in [0.4, 0.5) is 0 Å². The Labute approximate surface area is 117 Å². The molecule has 1 amide bonds. The number of rotatable bonds is 6. The first-order chi connectivity index (χ1) is 9.54. The molecule has 0 spiro atoms. The van der Waals surface area contributed by atoms with Crippen molar-refractivity contribution in [3.8, 4) is 11.5 Å².